The van der Waals surface area contributed by atoms with Crippen molar-refractivity contribution in [3.05, 3.63) is 64.4 Å². The number of benzene rings is 2. The molecular formula is C31H36F3NO7. The van der Waals surface area contributed by atoms with E-state index in [0.29, 0.717) is 57.0 Å². The third-order valence-electron chi connectivity index (χ3n) is 10.0. The molecule has 2 aromatic carbocycles. The molecule has 2 bridgehead atoms. The molecule has 1 spiro atoms. The number of phenols is 1. The SMILES string of the molecule is O=C(O)C(F)(F)F.[O-][N@+]1(CC2CC2)CC[C@]23c4c5ccc(O)c4O[C@H]2[C@H](O)CCC3(OCCCc2ccccc2)[C@H]1C5. The van der Waals surface area contributed by atoms with Crippen LogP contribution in [0, 0.1) is 11.1 Å². The van der Waals surface area contributed by atoms with Crippen LogP contribution in [0.4, 0.5) is 13.2 Å². The van der Waals surface area contributed by atoms with Gasteiger partial charge in [-0.15, -0.1) is 0 Å². The Morgan fingerprint density at radius 2 is 1.83 bits per heavy atom. The number of quaternary nitrogens is 1. The fourth-order valence-electron chi connectivity index (χ4n) is 8.17. The molecule has 3 aliphatic carbocycles. The van der Waals surface area contributed by atoms with Crippen LogP contribution in [-0.4, -0.2) is 75.7 Å². The lowest BCUT2D eigenvalue weighted by atomic mass is 9.48. The summed E-state index contributed by atoms with van der Waals surface area (Å²) in [5.41, 5.74) is 2.13. The van der Waals surface area contributed by atoms with Gasteiger partial charge in [0.15, 0.2) is 11.5 Å². The number of alkyl halides is 3. The monoisotopic (exact) mass is 591 g/mol. The number of nitrogens with zero attached hydrogens (tertiary/aromatic N) is 1. The number of aromatic hydroxyl groups is 1. The number of rotatable bonds is 7. The highest BCUT2D eigenvalue weighted by Crippen LogP contribution is 2.67. The van der Waals surface area contributed by atoms with Gasteiger partial charge in [-0.05, 0) is 55.7 Å². The van der Waals surface area contributed by atoms with Gasteiger partial charge in [-0.1, -0.05) is 36.4 Å². The summed E-state index contributed by atoms with van der Waals surface area (Å²) in [6, 6.07) is 13.9. The number of hydroxylamine groups is 3. The van der Waals surface area contributed by atoms with E-state index in [1.807, 2.05) is 12.1 Å². The molecule has 8 nitrogen and oxygen atoms in total. The van der Waals surface area contributed by atoms with Crippen molar-refractivity contribution in [1.29, 1.82) is 0 Å². The van der Waals surface area contributed by atoms with Crippen LogP contribution in [0.2, 0.25) is 0 Å². The van der Waals surface area contributed by atoms with Crippen molar-refractivity contribution in [3.8, 4) is 11.5 Å². The fraction of sp³-hybridized carbons (Fsp3) is 0.581. The van der Waals surface area contributed by atoms with Crippen LogP contribution in [0.1, 0.15) is 55.2 Å². The van der Waals surface area contributed by atoms with E-state index >= 15 is 0 Å². The minimum atomic E-state index is -5.08. The Labute approximate surface area is 241 Å². The number of halogens is 3. The molecule has 0 aromatic heterocycles. The number of hydrogen-bond acceptors (Lipinski definition) is 6. The lowest BCUT2D eigenvalue weighted by molar-refractivity contribution is -0.924. The van der Waals surface area contributed by atoms with Crippen molar-refractivity contribution in [1.82, 2.24) is 0 Å². The molecule has 11 heteroatoms. The molecule has 1 saturated heterocycles. The molecule has 1 unspecified atom stereocenters. The number of piperidine rings is 1. The van der Waals surface area contributed by atoms with Gasteiger partial charge in [-0.3, -0.25) is 0 Å². The molecule has 2 aromatic rings. The summed E-state index contributed by atoms with van der Waals surface area (Å²) in [6.07, 6.45) is 0.404. The number of carbonyl (C=O) groups is 1. The topological polar surface area (TPSA) is 119 Å². The van der Waals surface area contributed by atoms with Crippen LogP contribution in [0.25, 0.3) is 0 Å². The standard InChI is InChI=1S/C29H35NO5.C2HF3O2/c31-22-11-10-21-17-24-29(34-16-4-7-19-5-2-1-3-6-19)13-12-23(32)27-28(29,25(21)26(22)35-27)14-15-30(24,33)18-20-8-9-20;3-2(4,5)1(6)7/h1-3,5-6,10-11,20,23-24,27,31-32H,4,7-9,12-18H2;(H,6,7)/t23-,24-,27+,28+,29?,30+;/m1./s1. The molecule has 2 saturated carbocycles. The number of carboxylic acids is 1. The average molecular weight is 592 g/mol. The average Bonchev–Trinajstić information content (AvgIpc) is 3.68. The molecule has 0 amide bonds. The van der Waals surface area contributed by atoms with Crippen LogP contribution in [0.5, 0.6) is 11.5 Å². The summed E-state index contributed by atoms with van der Waals surface area (Å²) in [6.45, 7) is 1.77. The second-order valence-corrected chi connectivity index (χ2v) is 12.5. The summed E-state index contributed by atoms with van der Waals surface area (Å²) in [4.78, 5) is 8.90. The van der Waals surface area contributed by atoms with E-state index in [1.165, 1.54) is 5.56 Å². The van der Waals surface area contributed by atoms with Gasteiger partial charge in [0.25, 0.3) is 0 Å². The number of carboxylic acid groups (broad SMARTS) is 1. The Balaban J connectivity index is 0.000000405. The van der Waals surface area contributed by atoms with Crippen molar-refractivity contribution in [2.75, 3.05) is 19.7 Å². The van der Waals surface area contributed by atoms with E-state index in [4.69, 9.17) is 19.4 Å². The van der Waals surface area contributed by atoms with E-state index < -0.39 is 35.4 Å². The van der Waals surface area contributed by atoms with E-state index in [1.54, 1.807) is 6.07 Å². The second kappa shape index (κ2) is 10.4. The normalized spacial score (nSPS) is 34.1. The first kappa shape index (κ1) is 29.2. The van der Waals surface area contributed by atoms with Crippen molar-refractivity contribution in [2.45, 2.75) is 86.8 Å². The first-order valence-electron chi connectivity index (χ1n) is 14.7. The second-order valence-electron chi connectivity index (χ2n) is 12.5. The predicted molar refractivity (Wildman–Crippen MR) is 145 cm³/mol. The van der Waals surface area contributed by atoms with E-state index in [2.05, 4.69) is 24.3 Å². The molecule has 6 atom stereocenters. The molecule has 2 heterocycles. The van der Waals surface area contributed by atoms with Crippen LogP contribution < -0.4 is 4.74 Å². The Hall–Kier alpha value is -2.86. The Morgan fingerprint density at radius 3 is 2.50 bits per heavy atom. The highest BCUT2D eigenvalue weighted by Gasteiger charge is 2.77. The Bertz CT molecular complexity index is 1340. The number of aryl methyl sites for hydroxylation is 1. The zero-order valence-corrected chi connectivity index (χ0v) is 23.2. The quantitative estimate of drug-likeness (QED) is 0.244. The highest BCUT2D eigenvalue weighted by molar-refractivity contribution is 5.73. The summed E-state index contributed by atoms with van der Waals surface area (Å²) in [5.74, 6) is -1.59. The highest BCUT2D eigenvalue weighted by atomic mass is 19.4. The van der Waals surface area contributed by atoms with Gasteiger partial charge in [0.2, 0.25) is 0 Å². The summed E-state index contributed by atoms with van der Waals surface area (Å²) in [5, 5.41) is 43.6. The molecule has 228 valence electrons. The number of ether oxygens (including phenoxy) is 2. The largest absolute Gasteiger partial charge is 0.632 e. The minimum Gasteiger partial charge on any atom is -0.632 e. The molecule has 3 N–H and O–H groups in total. The van der Waals surface area contributed by atoms with E-state index in [0.717, 1.165) is 36.8 Å². The zero-order valence-electron chi connectivity index (χ0n) is 23.2. The molecular weight excluding hydrogens is 555 g/mol. The molecule has 42 heavy (non-hydrogen) atoms. The van der Waals surface area contributed by atoms with E-state index in [-0.39, 0.29) is 16.4 Å². The van der Waals surface area contributed by atoms with Crippen molar-refractivity contribution < 1.29 is 47.4 Å². The van der Waals surface area contributed by atoms with Gasteiger partial charge in [0.05, 0.1) is 24.6 Å². The molecule has 2 aliphatic heterocycles. The number of phenolic OH excluding ortho intramolecular Hbond substituents is 1. The van der Waals surface area contributed by atoms with Gasteiger partial charge in [-0.25, -0.2) is 4.79 Å². The molecule has 7 rings (SSSR count). The van der Waals surface area contributed by atoms with Crippen LogP contribution >= 0.6 is 0 Å². The maximum absolute atomic E-state index is 14.6. The van der Waals surface area contributed by atoms with Gasteiger partial charge in [0, 0.05) is 30.9 Å². The number of likely N-dealkylation sites (tertiary alicyclic amines) is 1. The van der Waals surface area contributed by atoms with Gasteiger partial charge in [0.1, 0.15) is 17.7 Å². The molecule has 5 aliphatic rings. The number of aliphatic hydroxyl groups excluding tert-OH is 1. The van der Waals surface area contributed by atoms with Crippen molar-refractivity contribution in [3.63, 3.8) is 0 Å². The summed E-state index contributed by atoms with van der Waals surface area (Å²) < 4.78 is 45.0. The minimum absolute atomic E-state index is 0.127. The first-order valence-corrected chi connectivity index (χ1v) is 14.7. The summed E-state index contributed by atoms with van der Waals surface area (Å²) >= 11 is 0. The van der Waals surface area contributed by atoms with Crippen LogP contribution in [-0.2, 0) is 27.8 Å². The fourth-order valence-corrected chi connectivity index (χ4v) is 8.17. The predicted octanol–water partition coefficient (Wildman–Crippen LogP) is 4.62. The van der Waals surface area contributed by atoms with E-state index in [9.17, 15) is 28.6 Å². The third-order valence-corrected chi connectivity index (χ3v) is 10.0. The maximum atomic E-state index is 14.6. The maximum Gasteiger partial charge on any atom is 0.490 e. The third kappa shape index (κ3) is 4.65. The Morgan fingerprint density at radius 1 is 1.12 bits per heavy atom. The lowest BCUT2D eigenvalue weighted by Gasteiger charge is -2.69. The zero-order chi connectivity index (χ0) is 29.9. The number of hydrogen-bond donors (Lipinski definition) is 3. The summed E-state index contributed by atoms with van der Waals surface area (Å²) in [7, 11) is 0. The van der Waals surface area contributed by atoms with Crippen molar-refractivity contribution >= 4 is 5.97 Å². The van der Waals surface area contributed by atoms with Crippen LogP contribution in [0.3, 0.4) is 0 Å². The van der Waals surface area contributed by atoms with Gasteiger partial charge < -0.3 is 34.6 Å². The first-order chi connectivity index (χ1) is 19.9. The molecule has 3 fully saturated rings. The van der Waals surface area contributed by atoms with Crippen LogP contribution in [0.15, 0.2) is 42.5 Å². The number of aliphatic hydroxyl groups is 1. The molecule has 0 radical (unpaired) electrons. The smallest absolute Gasteiger partial charge is 0.490 e. The Kier molecular flexibility index (Phi) is 7.23. The van der Waals surface area contributed by atoms with Gasteiger partial charge >= 0.3 is 12.1 Å². The van der Waals surface area contributed by atoms with Crippen molar-refractivity contribution in [2.24, 2.45) is 5.92 Å². The lowest BCUT2D eigenvalue weighted by Crippen LogP contribution is -2.81. The number of aliphatic carboxylic acids is 1. The van der Waals surface area contributed by atoms with Gasteiger partial charge in [-0.2, -0.15) is 13.2 Å².